The van der Waals surface area contributed by atoms with E-state index in [9.17, 15) is 5.11 Å². The molecule has 0 unspecified atom stereocenters. The summed E-state index contributed by atoms with van der Waals surface area (Å²) < 4.78 is 0. The predicted octanol–water partition coefficient (Wildman–Crippen LogP) is 3.87. The molecule has 1 saturated carbocycles. The molecule has 1 aromatic heterocycles. The summed E-state index contributed by atoms with van der Waals surface area (Å²) >= 11 is 1.84. The third-order valence-corrected chi connectivity index (χ3v) is 4.58. The Hall–Kier alpha value is -1.12. The number of benzene rings is 1. The molecule has 1 fully saturated rings. The number of aliphatic hydroxyl groups is 1. The molecule has 0 saturated heterocycles. The van der Waals surface area contributed by atoms with Gasteiger partial charge in [-0.05, 0) is 43.4 Å². The summed E-state index contributed by atoms with van der Waals surface area (Å²) in [7, 11) is 0. The Morgan fingerprint density at radius 3 is 2.53 bits per heavy atom. The second kappa shape index (κ2) is 4.28. The third kappa shape index (κ3) is 2.59. The van der Waals surface area contributed by atoms with Crippen molar-refractivity contribution in [2.45, 2.75) is 31.3 Å². The van der Waals surface area contributed by atoms with Crippen LogP contribution in [0.15, 0.2) is 42.5 Å². The molecule has 1 heterocycles. The molecule has 0 bridgehead atoms. The SMILES string of the molecule is OC1(CCc2ccc(-c3ccccc3)s2)CC1. The highest BCUT2D eigenvalue weighted by Crippen LogP contribution is 2.40. The van der Waals surface area contributed by atoms with Gasteiger partial charge in [0.2, 0.25) is 0 Å². The predicted molar refractivity (Wildman–Crippen MR) is 72.3 cm³/mol. The second-order valence-electron chi connectivity index (χ2n) is 4.86. The molecule has 1 aliphatic carbocycles. The van der Waals surface area contributed by atoms with Crippen molar-refractivity contribution < 1.29 is 5.11 Å². The highest BCUT2D eigenvalue weighted by Gasteiger charge is 2.39. The van der Waals surface area contributed by atoms with Crippen LogP contribution in [0.2, 0.25) is 0 Å². The van der Waals surface area contributed by atoms with E-state index in [0.29, 0.717) is 0 Å². The van der Waals surface area contributed by atoms with Crippen LogP contribution < -0.4 is 0 Å². The lowest BCUT2D eigenvalue weighted by atomic mass is 10.1. The van der Waals surface area contributed by atoms with E-state index >= 15 is 0 Å². The van der Waals surface area contributed by atoms with Crippen LogP contribution in [0.5, 0.6) is 0 Å². The Morgan fingerprint density at radius 2 is 1.82 bits per heavy atom. The van der Waals surface area contributed by atoms with E-state index in [2.05, 4.69) is 36.4 Å². The maximum atomic E-state index is 9.82. The van der Waals surface area contributed by atoms with Crippen molar-refractivity contribution in [3.8, 4) is 10.4 Å². The van der Waals surface area contributed by atoms with Gasteiger partial charge in [-0.1, -0.05) is 30.3 Å². The molecule has 1 nitrogen and oxygen atoms in total. The fourth-order valence-electron chi connectivity index (χ4n) is 2.02. The van der Waals surface area contributed by atoms with E-state index in [1.165, 1.54) is 15.3 Å². The molecule has 1 N–H and O–H groups in total. The Morgan fingerprint density at radius 1 is 1.06 bits per heavy atom. The smallest absolute Gasteiger partial charge is 0.0653 e. The standard InChI is InChI=1S/C15H16OS/c16-15(10-11-15)9-8-13-6-7-14(17-13)12-4-2-1-3-5-12/h1-7,16H,8-11H2. The summed E-state index contributed by atoms with van der Waals surface area (Å²) in [6, 6.07) is 14.9. The third-order valence-electron chi connectivity index (χ3n) is 3.38. The van der Waals surface area contributed by atoms with Gasteiger partial charge in [-0.2, -0.15) is 0 Å². The second-order valence-corrected chi connectivity index (χ2v) is 6.02. The molecule has 0 amide bonds. The van der Waals surface area contributed by atoms with Crippen LogP contribution in [-0.4, -0.2) is 10.7 Å². The van der Waals surface area contributed by atoms with Gasteiger partial charge in [-0.25, -0.2) is 0 Å². The van der Waals surface area contributed by atoms with Crippen LogP contribution in [0.3, 0.4) is 0 Å². The molecular weight excluding hydrogens is 228 g/mol. The first kappa shape index (κ1) is 11.0. The first-order valence-electron chi connectivity index (χ1n) is 6.12. The fourth-order valence-corrected chi connectivity index (χ4v) is 3.03. The lowest BCUT2D eigenvalue weighted by Crippen LogP contribution is -2.06. The largest absolute Gasteiger partial charge is 0.390 e. The summed E-state index contributed by atoms with van der Waals surface area (Å²) in [5.74, 6) is 0. The lowest BCUT2D eigenvalue weighted by Gasteiger charge is -2.04. The van der Waals surface area contributed by atoms with Crippen molar-refractivity contribution in [3.63, 3.8) is 0 Å². The molecule has 2 heteroatoms. The van der Waals surface area contributed by atoms with Crippen LogP contribution in [0.25, 0.3) is 10.4 Å². The first-order chi connectivity index (χ1) is 8.25. The van der Waals surface area contributed by atoms with Crippen LogP contribution in [-0.2, 0) is 6.42 Å². The van der Waals surface area contributed by atoms with E-state index in [1.54, 1.807) is 0 Å². The van der Waals surface area contributed by atoms with Crippen molar-refractivity contribution in [2.24, 2.45) is 0 Å². The highest BCUT2D eigenvalue weighted by molar-refractivity contribution is 7.15. The maximum Gasteiger partial charge on any atom is 0.0653 e. The minimum Gasteiger partial charge on any atom is -0.390 e. The normalized spacial score (nSPS) is 17.0. The van der Waals surface area contributed by atoms with Gasteiger partial charge in [0.15, 0.2) is 0 Å². The number of rotatable bonds is 4. The van der Waals surface area contributed by atoms with Gasteiger partial charge in [0.1, 0.15) is 0 Å². The molecule has 2 aromatic rings. The zero-order valence-electron chi connectivity index (χ0n) is 9.73. The summed E-state index contributed by atoms with van der Waals surface area (Å²) in [4.78, 5) is 2.70. The number of thiophene rings is 1. The first-order valence-corrected chi connectivity index (χ1v) is 6.93. The Kier molecular flexibility index (Phi) is 2.77. The molecule has 0 aliphatic heterocycles. The van der Waals surface area contributed by atoms with Crippen molar-refractivity contribution in [1.82, 2.24) is 0 Å². The zero-order valence-corrected chi connectivity index (χ0v) is 10.5. The molecule has 0 radical (unpaired) electrons. The molecular formula is C15H16OS. The maximum absolute atomic E-state index is 9.82. The quantitative estimate of drug-likeness (QED) is 0.865. The Balaban J connectivity index is 1.70. The molecule has 1 aromatic carbocycles. The monoisotopic (exact) mass is 244 g/mol. The summed E-state index contributed by atoms with van der Waals surface area (Å²) in [5.41, 5.74) is 0.963. The molecule has 0 spiro atoms. The molecule has 1 aliphatic rings. The average Bonchev–Trinajstić information content (AvgIpc) is 2.93. The van der Waals surface area contributed by atoms with Gasteiger partial charge in [-0.15, -0.1) is 11.3 Å². The zero-order chi connectivity index (χ0) is 11.7. The molecule has 0 atom stereocenters. The van der Waals surface area contributed by atoms with Gasteiger partial charge >= 0.3 is 0 Å². The van der Waals surface area contributed by atoms with Crippen molar-refractivity contribution >= 4 is 11.3 Å². The van der Waals surface area contributed by atoms with Crippen molar-refractivity contribution in [2.75, 3.05) is 0 Å². The fraction of sp³-hybridized carbons (Fsp3) is 0.333. The van der Waals surface area contributed by atoms with E-state index < -0.39 is 0 Å². The van der Waals surface area contributed by atoms with Crippen LogP contribution >= 0.6 is 11.3 Å². The van der Waals surface area contributed by atoms with E-state index in [4.69, 9.17) is 0 Å². The van der Waals surface area contributed by atoms with Gasteiger partial charge in [0.05, 0.1) is 5.60 Å². The van der Waals surface area contributed by atoms with Crippen molar-refractivity contribution in [1.29, 1.82) is 0 Å². The van der Waals surface area contributed by atoms with E-state index in [0.717, 1.165) is 25.7 Å². The number of hydrogen-bond donors (Lipinski definition) is 1. The lowest BCUT2D eigenvalue weighted by molar-refractivity contribution is 0.141. The van der Waals surface area contributed by atoms with Crippen molar-refractivity contribution in [3.05, 3.63) is 47.3 Å². The van der Waals surface area contributed by atoms with Gasteiger partial charge in [-0.3, -0.25) is 0 Å². The van der Waals surface area contributed by atoms with Gasteiger partial charge in [0, 0.05) is 9.75 Å². The van der Waals surface area contributed by atoms with E-state index in [1.807, 2.05) is 17.4 Å². The number of aryl methyl sites for hydroxylation is 1. The van der Waals surface area contributed by atoms with Crippen LogP contribution in [0.1, 0.15) is 24.1 Å². The molecule has 17 heavy (non-hydrogen) atoms. The topological polar surface area (TPSA) is 20.2 Å². The Labute approximate surface area is 106 Å². The Bertz CT molecular complexity index is 497. The summed E-state index contributed by atoms with van der Waals surface area (Å²) in [5, 5.41) is 9.82. The average molecular weight is 244 g/mol. The van der Waals surface area contributed by atoms with Crippen LogP contribution in [0.4, 0.5) is 0 Å². The number of hydrogen-bond acceptors (Lipinski definition) is 2. The van der Waals surface area contributed by atoms with Crippen LogP contribution in [0, 0.1) is 0 Å². The summed E-state index contributed by atoms with van der Waals surface area (Å²) in [6.45, 7) is 0. The minimum atomic E-state index is -0.323. The van der Waals surface area contributed by atoms with Gasteiger partial charge in [0.25, 0.3) is 0 Å². The minimum absolute atomic E-state index is 0.323. The summed E-state index contributed by atoms with van der Waals surface area (Å²) in [6.07, 6.45) is 3.91. The molecule has 3 rings (SSSR count). The van der Waals surface area contributed by atoms with E-state index in [-0.39, 0.29) is 5.60 Å². The highest BCUT2D eigenvalue weighted by atomic mass is 32.1. The molecule has 88 valence electrons. The van der Waals surface area contributed by atoms with Gasteiger partial charge < -0.3 is 5.11 Å².